The van der Waals surface area contributed by atoms with Crippen LogP contribution in [0.5, 0.6) is 0 Å². The lowest BCUT2D eigenvalue weighted by atomic mass is 9.81. The van der Waals surface area contributed by atoms with Gasteiger partial charge in [0, 0.05) is 13.0 Å². The summed E-state index contributed by atoms with van der Waals surface area (Å²) in [5, 5.41) is 8.57. The molecule has 6 heteroatoms. The van der Waals surface area contributed by atoms with Crippen LogP contribution in [0.25, 0.3) is 0 Å². The second-order valence-electron chi connectivity index (χ2n) is 5.17. The summed E-state index contributed by atoms with van der Waals surface area (Å²) < 4.78 is 5.61. The number of rotatable bonds is 4. The van der Waals surface area contributed by atoms with Gasteiger partial charge in [0.1, 0.15) is 0 Å². The molecule has 0 aliphatic carbocycles. The van der Waals surface area contributed by atoms with Crippen molar-refractivity contribution in [3.05, 3.63) is 0 Å². The SMILES string of the molecule is O=C(O)CCCN1C(=O)[C@@H]2[C@H](C1=O)[C@H]1CC[C@H]2O1. The maximum absolute atomic E-state index is 12.1. The first-order chi connectivity index (χ1) is 8.59. The molecule has 3 fully saturated rings. The molecule has 2 amide bonds. The lowest BCUT2D eigenvalue weighted by Crippen LogP contribution is -2.35. The molecule has 3 saturated heterocycles. The highest BCUT2D eigenvalue weighted by atomic mass is 16.5. The Hall–Kier alpha value is -1.43. The minimum absolute atomic E-state index is 0.0181. The Balaban J connectivity index is 1.69. The minimum atomic E-state index is -0.905. The third kappa shape index (κ3) is 1.55. The lowest BCUT2D eigenvalue weighted by Gasteiger charge is -2.16. The fraction of sp³-hybridized carbons (Fsp3) is 0.750. The van der Waals surface area contributed by atoms with E-state index in [0.29, 0.717) is 6.42 Å². The Bertz CT molecular complexity index is 393. The number of fused-ring (bicyclic) bond motifs is 5. The Morgan fingerprint density at radius 1 is 1.22 bits per heavy atom. The zero-order valence-corrected chi connectivity index (χ0v) is 9.87. The Kier molecular flexibility index (Phi) is 2.62. The van der Waals surface area contributed by atoms with Gasteiger partial charge in [-0.15, -0.1) is 0 Å². The predicted octanol–water partition coefficient (Wildman–Crippen LogP) is 0.0136. The third-order valence-electron chi connectivity index (χ3n) is 4.15. The van der Waals surface area contributed by atoms with Crippen LogP contribution in [-0.4, -0.2) is 46.5 Å². The predicted molar refractivity (Wildman–Crippen MR) is 58.5 cm³/mol. The first kappa shape index (κ1) is 11.6. The molecule has 3 aliphatic heterocycles. The molecule has 18 heavy (non-hydrogen) atoms. The molecular weight excluding hydrogens is 238 g/mol. The molecule has 0 unspecified atom stereocenters. The summed E-state index contributed by atoms with van der Waals surface area (Å²) in [6.45, 7) is 0.219. The summed E-state index contributed by atoms with van der Waals surface area (Å²) >= 11 is 0. The van der Waals surface area contributed by atoms with Gasteiger partial charge < -0.3 is 9.84 Å². The standard InChI is InChI=1S/C12H15NO5/c14-8(15)2-1-5-13-11(16)9-6-3-4-7(18-6)10(9)12(13)17/h6-7,9-10H,1-5H2,(H,14,15)/t6-,7-,9-,10+/m1/s1. The molecule has 3 aliphatic rings. The van der Waals surface area contributed by atoms with Crippen LogP contribution in [-0.2, 0) is 19.1 Å². The molecule has 3 heterocycles. The Labute approximate surface area is 104 Å². The van der Waals surface area contributed by atoms with Gasteiger partial charge in [0.05, 0.1) is 24.0 Å². The molecule has 2 bridgehead atoms. The fourth-order valence-electron chi connectivity index (χ4n) is 3.38. The summed E-state index contributed by atoms with van der Waals surface area (Å²) in [5.74, 6) is -1.84. The van der Waals surface area contributed by atoms with Crippen LogP contribution in [0.1, 0.15) is 25.7 Å². The normalized spacial score (nSPS) is 37.4. The van der Waals surface area contributed by atoms with E-state index in [2.05, 4.69) is 0 Å². The maximum atomic E-state index is 12.1. The summed E-state index contributed by atoms with van der Waals surface area (Å²) in [6.07, 6.45) is 1.82. The number of hydrogen-bond acceptors (Lipinski definition) is 4. The molecule has 0 aromatic rings. The van der Waals surface area contributed by atoms with Gasteiger partial charge in [-0.05, 0) is 19.3 Å². The fourth-order valence-corrected chi connectivity index (χ4v) is 3.38. The number of aliphatic carboxylic acids is 1. The van der Waals surface area contributed by atoms with Crippen molar-refractivity contribution in [3.8, 4) is 0 Å². The third-order valence-corrected chi connectivity index (χ3v) is 4.15. The quantitative estimate of drug-likeness (QED) is 0.714. The Morgan fingerprint density at radius 2 is 1.78 bits per heavy atom. The van der Waals surface area contributed by atoms with E-state index in [9.17, 15) is 14.4 Å². The van der Waals surface area contributed by atoms with Crippen LogP contribution in [0.2, 0.25) is 0 Å². The molecule has 6 nitrogen and oxygen atoms in total. The van der Waals surface area contributed by atoms with Crippen LogP contribution < -0.4 is 0 Å². The van der Waals surface area contributed by atoms with Crippen LogP contribution in [0.3, 0.4) is 0 Å². The zero-order chi connectivity index (χ0) is 12.9. The van der Waals surface area contributed by atoms with Crippen LogP contribution in [0.15, 0.2) is 0 Å². The van der Waals surface area contributed by atoms with Gasteiger partial charge in [-0.2, -0.15) is 0 Å². The highest BCUT2D eigenvalue weighted by Gasteiger charge is 2.62. The van der Waals surface area contributed by atoms with Crippen LogP contribution >= 0.6 is 0 Å². The van der Waals surface area contributed by atoms with Crippen molar-refractivity contribution in [1.29, 1.82) is 0 Å². The average Bonchev–Trinajstić information content (AvgIpc) is 2.97. The van der Waals surface area contributed by atoms with E-state index in [0.717, 1.165) is 12.8 Å². The molecule has 0 spiro atoms. The summed E-state index contributed by atoms with van der Waals surface area (Å²) in [6, 6.07) is 0. The largest absolute Gasteiger partial charge is 0.481 e. The summed E-state index contributed by atoms with van der Waals surface area (Å²) in [5.41, 5.74) is 0. The molecule has 4 atom stereocenters. The van der Waals surface area contributed by atoms with Gasteiger partial charge in [0.15, 0.2) is 0 Å². The second-order valence-corrected chi connectivity index (χ2v) is 5.17. The van der Waals surface area contributed by atoms with E-state index in [1.165, 1.54) is 4.90 Å². The number of carboxylic acids is 1. The monoisotopic (exact) mass is 253 g/mol. The number of carbonyl (C=O) groups excluding carboxylic acids is 2. The smallest absolute Gasteiger partial charge is 0.303 e. The van der Waals surface area contributed by atoms with E-state index in [-0.39, 0.29) is 48.8 Å². The second kappa shape index (κ2) is 4.05. The molecular formula is C12H15NO5. The highest BCUT2D eigenvalue weighted by molar-refractivity contribution is 6.06. The van der Waals surface area contributed by atoms with Gasteiger partial charge in [-0.3, -0.25) is 19.3 Å². The molecule has 0 saturated carbocycles. The van der Waals surface area contributed by atoms with E-state index in [1.54, 1.807) is 0 Å². The first-order valence-corrected chi connectivity index (χ1v) is 6.32. The van der Waals surface area contributed by atoms with Crippen molar-refractivity contribution in [2.45, 2.75) is 37.9 Å². The molecule has 0 radical (unpaired) electrons. The number of nitrogens with zero attached hydrogens (tertiary/aromatic N) is 1. The van der Waals surface area contributed by atoms with Gasteiger partial charge in [0.2, 0.25) is 11.8 Å². The van der Waals surface area contributed by atoms with Gasteiger partial charge in [0.25, 0.3) is 0 Å². The van der Waals surface area contributed by atoms with Crippen molar-refractivity contribution in [3.63, 3.8) is 0 Å². The number of likely N-dealkylation sites (tertiary alicyclic amines) is 1. The molecule has 1 N–H and O–H groups in total. The van der Waals surface area contributed by atoms with Crippen molar-refractivity contribution in [2.24, 2.45) is 11.8 Å². The van der Waals surface area contributed by atoms with Crippen molar-refractivity contribution >= 4 is 17.8 Å². The molecule has 3 rings (SSSR count). The number of imide groups is 1. The lowest BCUT2D eigenvalue weighted by molar-refractivity contribution is -0.144. The van der Waals surface area contributed by atoms with E-state index >= 15 is 0 Å². The molecule has 98 valence electrons. The van der Waals surface area contributed by atoms with Gasteiger partial charge >= 0.3 is 5.97 Å². The zero-order valence-electron chi connectivity index (χ0n) is 9.87. The minimum Gasteiger partial charge on any atom is -0.481 e. The number of carboxylic acid groups (broad SMARTS) is 1. The topological polar surface area (TPSA) is 83.9 Å². The average molecular weight is 253 g/mol. The van der Waals surface area contributed by atoms with Crippen molar-refractivity contribution in [2.75, 3.05) is 6.54 Å². The highest BCUT2D eigenvalue weighted by Crippen LogP contribution is 2.48. The van der Waals surface area contributed by atoms with E-state index in [1.807, 2.05) is 0 Å². The number of amides is 2. The Morgan fingerprint density at radius 3 is 2.28 bits per heavy atom. The number of hydrogen-bond donors (Lipinski definition) is 1. The first-order valence-electron chi connectivity index (χ1n) is 6.32. The van der Waals surface area contributed by atoms with Crippen molar-refractivity contribution < 1.29 is 24.2 Å². The maximum Gasteiger partial charge on any atom is 0.303 e. The van der Waals surface area contributed by atoms with Crippen LogP contribution in [0.4, 0.5) is 0 Å². The summed E-state index contributed by atoms with van der Waals surface area (Å²) in [7, 11) is 0. The molecule has 0 aromatic carbocycles. The van der Waals surface area contributed by atoms with Gasteiger partial charge in [-0.1, -0.05) is 0 Å². The molecule has 0 aromatic heterocycles. The summed E-state index contributed by atoms with van der Waals surface area (Å²) in [4.78, 5) is 36.0. The van der Waals surface area contributed by atoms with E-state index in [4.69, 9.17) is 9.84 Å². The number of carbonyl (C=O) groups is 3. The van der Waals surface area contributed by atoms with Crippen LogP contribution in [0, 0.1) is 11.8 Å². The number of ether oxygens (including phenoxy) is 1. The van der Waals surface area contributed by atoms with Gasteiger partial charge in [-0.25, -0.2) is 0 Å². The van der Waals surface area contributed by atoms with Crippen molar-refractivity contribution in [1.82, 2.24) is 4.90 Å². The van der Waals surface area contributed by atoms with E-state index < -0.39 is 5.97 Å².